The van der Waals surface area contributed by atoms with Crippen molar-refractivity contribution in [3.05, 3.63) is 47.0 Å². The molecule has 94 valence electrons. The Balaban J connectivity index is 2.27. The molecule has 0 aliphatic carbocycles. The van der Waals surface area contributed by atoms with E-state index >= 15 is 0 Å². The summed E-state index contributed by atoms with van der Waals surface area (Å²) in [4.78, 5) is 8.23. The van der Waals surface area contributed by atoms with Crippen LogP contribution in [0, 0.1) is 19.7 Å². The number of ether oxygens (including phenoxy) is 1. The van der Waals surface area contributed by atoms with Gasteiger partial charge in [-0.3, -0.25) is 0 Å². The van der Waals surface area contributed by atoms with E-state index in [9.17, 15) is 4.39 Å². The lowest BCUT2D eigenvalue weighted by Gasteiger charge is -2.06. The highest BCUT2D eigenvalue weighted by Gasteiger charge is 2.06. The summed E-state index contributed by atoms with van der Waals surface area (Å²) in [6.07, 6.45) is 0. The average molecular weight is 267 g/mol. The second-order valence-corrected chi connectivity index (χ2v) is 4.20. The Bertz CT molecular complexity index is 575. The van der Waals surface area contributed by atoms with Gasteiger partial charge < -0.3 is 4.74 Å². The predicted molar refractivity (Wildman–Crippen MR) is 67.5 cm³/mol. The maximum absolute atomic E-state index is 13.4. The molecule has 0 aliphatic heterocycles. The fourth-order valence-electron chi connectivity index (χ4n) is 1.46. The first-order chi connectivity index (χ1) is 8.58. The van der Waals surface area contributed by atoms with E-state index in [0.717, 1.165) is 5.69 Å². The second kappa shape index (κ2) is 5.31. The largest absolute Gasteiger partial charge is 0.424 e. The van der Waals surface area contributed by atoms with Gasteiger partial charge in [-0.15, -0.1) is 11.6 Å². The summed E-state index contributed by atoms with van der Waals surface area (Å²) < 4.78 is 18.8. The normalized spacial score (nSPS) is 10.4. The first-order valence-corrected chi connectivity index (χ1v) is 5.96. The van der Waals surface area contributed by atoms with Gasteiger partial charge in [-0.1, -0.05) is 6.07 Å². The molecule has 0 unspecified atom stereocenters. The number of aryl methyl sites for hydroxylation is 2. The van der Waals surface area contributed by atoms with Crippen LogP contribution in [0.15, 0.2) is 24.3 Å². The third kappa shape index (κ3) is 2.96. The third-order valence-electron chi connectivity index (χ3n) is 2.38. The zero-order valence-electron chi connectivity index (χ0n) is 10.1. The number of alkyl halides is 1. The lowest BCUT2D eigenvalue weighted by Crippen LogP contribution is -1.97. The quantitative estimate of drug-likeness (QED) is 0.794. The Morgan fingerprint density at radius 2 is 2.00 bits per heavy atom. The minimum atomic E-state index is -0.322. The zero-order valence-corrected chi connectivity index (χ0v) is 10.8. The van der Waals surface area contributed by atoms with Crippen molar-refractivity contribution in [1.82, 2.24) is 9.97 Å². The molecule has 0 saturated carbocycles. The van der Waals surface area contributed by atoms with E-state index in [-0.39, 0.29) is 17.7 Å². The molecule has 0 fully saturated rings. The summed E-state index contributed by atoms with van der Waals surface area (Å²) in [6, 6.07) is 6.57. The van der Waals surface area contributed by atoms with Crippen LogP contribution in [0.2, 0.25) is 0 Å². The molecule has 5 heteroatoms. The van der Waals surface area contributed by atoms with Gasteiger partial charge in [0, 0.05) is 11.8 Å². The summed E-state index contributed by atoms with van der Waals surface area (Å²) in [5.41, 5.74) is 1.99. The molecule has 18 heavy (non-hydrogen) atoms. The number of nitrogens with zero attached hydrogens (tertiary/aromatic N) is 2. The van der Waals surface area contributed by atoms with E-state index in [1.807, 2.05) is 6.92 Å². The average Bonchev–Trinajstić information content (AvgIpc) is 2.33. The fourth-order valence-corrected chi connectivity index (χ4v) is 1.60. The summed E-state index contributed by atoms with van der Waals surface area (Å²) in [5.74, 6) is 0.323. The second-order valence-electron chi connectivity index (χ2n) is 3.93. The SMILES string of the molecule is Cc1cc(CCl)nc(Oc2ccc(C)c(F)c2)n1. The van der Waals surface area contributed by atoms with Crippen LogP contribution in [0.25, 0.3) is 0 Å². The lowest BCUT2D eigenvalue weighted by molar-refractivity contribution is 0.434. The Labute approximate surface area is 110 Å². The molecule has 1 aromatic carbocycles. The summed E-state index contributed by atoms with van der Waals surface area (Å²) in [6.45, 7) is 3.51. The minimum Gasteiger partial charge on any atom is -0.424 e. The van der Waals surface area contributed by atoms with E-state index < -0.39 is 0 Å². The van der Waals surface area contributed by atoms with E-state index in [4.69, 9.17) is 16.3 Å². The molecule has 0 radical (unpaired) electrons. The predicted octanol–water partition coefficient (Wildman–Crippen LogP) is 3.76. The number of halogens is 2. The molecular formula is C13H12ClFN2O. The first kappa shape index (κ1) is 12.8. The van der Waals surface area contributed by atoms with Crippen molar-refractivity contribution in [2.75, 3.05) is 0 Å². The number of rotatable bonds is 3. The minimum absolute atomic E-state index is 0.175. The van der Waals surface area contributed by atoms with Crippen LogP contribution < -0.4 is 4.74 Å². The van der Waals surface area contributed by atoms with Gasteiger partial charge in [0.1, 0.15) is 11.6 Å². The summed E-state index contributed by atoms with van der Waals surface area (Å²) >= 11 is 5.71. The third-order valence-corrected chi connectivity index (χ3v) is 2.65. The van der Waals surface area contributed by atoms with Crippen LogP contribution in [0.5, 0.6) is 11.8 Å². The molecule has 0 N–H and O–H groups in total. The maximum Gasteiger partial charge on any atom is 0.322 e. The van der Waals surface area contributed by atoms with Crippen molar-refractivity contribution in [2.24, 2.45) is 0 Å². The molecule has 1 heterocycles. The Hall–Kier alpha value is -1.68. The van der Waals surface area contributed by atoms with Crippen LogP contribution in [0.1, 0.15) is 17.0 Å². The standard InChI is InChI=1S/C13H12ClFN2O/c1-8-3-4-11(6-12(8)15)18-13-16-9(2)5-10(7-14)17-13/h3-6H,7H2,1-2H3. The topological polar surface area (TPSA) is 35.0 Å². The van der Waals surface area contributed by atoms with Crippen molar-refractivity contribution in [1.29, 1.82) is 0 Å². The molecule has 0 aliphatic rings. The van der Waals surface area contributed by atoms with Crippen LogP contribution in [0.3, 0.4) is 0 Å². The lowest BCUT2D eigenvalue weighted by atomic mass is 10.2. The molecule has 0 spiro atoms. The van der Waals surface area contributed by atoms with Crippen LogP contribution >= 0.6 is 11.6 Å². The number of hydrogen-bond donors (Lipinski definition) is 0. The Morgan fingerprint density at radius 3 is 2.67 bits per heavy atom. The van der Waals surface area contributed by atoms with Gasteiger partial charge in [0.2, 0.25) is 0 Å². The molecule has 2 rings (SSSR count). The highest BCUT2D eigenvalue weighted by molar-refractivity contribution is 6.16. The molecule has 0 saturated heterocycles. The first-order valence-electron chi connectivity index (χ1n) is 5.43. The van der Waals surface area contributed by atoms with Crippen molar-refractivity contribution in [3.8, 4) is 11.8 Å². The van der Waals surface area contributed by atoms with E-state index in [2.05, 4.69) is 9.97 Å². The van der Waals surface area contributed by atoms with Gasteiger partial charge in [-0.2, -0.15) is 4.98 Å². The molecule has 0 bridgehead atoms. The molecule has 0 atom stereocenters. The zero-order chi connectivity index (χ0) is 13.1. The van der Waals surface area contributed by atoms with Crippen LogP contribution in [0.4, 0.5) is 4.39 Å². The van der Waals surface area contributed by atoms with Crippen molar-refractivity contribution >= 4 is 11.6 Å². The molecule has 2 aromatic rings. The van der Waals surface area contributed by atoms with Gasteiger partial charge in [0.25, 0.3) is 0 Å². The van der Waals surface area contributed by atoms with Crippen molar-refractivity contribution in [2.45, 2.75) is 19.7 Å². The van der Waals surface area contributed by atoms with Gasteiger partial charge in [0.15, 0.2) is 0 Å². The molecule has 3 nitrogen and oxygen atoms in total. The van der Waals surface area contributed by atoms with Gasteiger partial charge in [-0.25, -0.2) is 9.37 Å². The van der Waals surface area contributed by atoms with Gasteiger partial charge in [0.05, 0.1) is 11.6 Å². The molecule has 1 aromatic heterocycles. The fraction of sp³-hybridized carbons (Fsp3) is 0.231. The summed E-state index contributed by atoms with van der Waals surface area (Å²) in [5, 5.41) is 0. The summed E-state index contributed by atoms with van der Waals surface area (Å²) in [7, 11) is 0. The Morgan fingerprint density at radius 1 is 1.22 bits per heavy atom. The number of aromatic nitrogens is 2. The van der Waals surface area contributed by atoms with E-state index in [1.165, 1.54) is 6.07 Å². The van der Waals surface area contributed by atoms with Crippen LogP contribution in [-0.2, 0) is 5.88 Å². The number of hydrogen-bond acceptors (Lipinski definition) is 3. The molecule has 0 amide bonds. The highest BCUT2D eigenvalue weighted by Crippen LogP contribution is 2.21. The molecular weight excluding hydrogens is 255 g/mol. The Kier molecular flexibility index (Phi) is 3.77. The van der Waals surface area contributed by atoms with Crippen LogP contribution in [-0.4, -0.2) is 9.97 Å². The van der Waals surface area contributed by atoms with Crippen molar-refractivity contribution in [3.63, 3.8) is 0 Å². The number of benzene rings is 1. The van der Waals surface area contributed by atoms with Gasteiger partial charge >= 0.3 is 6.01 Å². The maximum atomic E-state index is 13.4. The highest BCUT2D eigenvalue weighted by atomic mass is 35.5. The van der Waals surface area contributed by atoms with E-state index in [1.54, 1.807) is 25.1 Å². The van der Waals surface area contributed by atoms with Gasteiger partial charge in [-0.05, 0) is 31.5 Å². The monoisotopic (exact) mass is 266 g/mol. The smallest absolute Gasteiger partial charge is 0.322 e. The van der Waals surface area contributed by atoms with Crippen molar-refractivity contribution < 1.29 is 9.13 Å². The van der Waals surface area contributed by atoms with E-state index in [0.29, 0.717) is 17.0 Å².